The largest absolute Gasteiger partial charge is 0.345 e. The molecule has 0 spiro atoms. The van der Waals surface area contributed by atoms with Crippen LogP contribution in [0.1, 0.15) is 58.2 Å². The van der Waals surface area contributed by atoms with Crippen molar-refractivity contribution >= 4 is 5.91 Å². The van der Waals surface area contributed by atoms with Crippen LogP contribution in [0.4, 0.5) is 0 Å². The number of nitrogens with zero attached hydrogens (tertiary/aromatic N) is 2. The first-order valence-corrected chi connectivity index (χ1v) is 8.20. The minimum absolute atomic E-state index is 0.0624. The summed E-state index contributed by atoms with van der Waals surface area (Å²) in [4.78, 5) is 27.6. The molecule has 6 nitrogen and oxygen atoms in total. The number of H-pyrrole nitrogens is 1. The normalized spacial score (nSPS) is 19.3. The van der Waals surface area contributed by atoms with Gasteiger partial charge in [-0.15, -0.1) is 0 Å². The number of hydrogen-bond donors (Lipinski definition) is 2. The number of aromatic amines is 1. The first-order valence-electron chi connectivity index (χ1n) is 8.20. The van der Waals surface area contributed by atoms with Gasteiger partial charge in [0.25, 0.3) is 11.5 Å². The highest BCUT2D eigenvalue weighted by molar-refractivity contribution is 5.94. The molecule has 1 atom stereocenters. The molecule has 0 radical (unpaired) electrons. The highest BCUT2D eigenvalue weighted by atomic mass is 16.2. The van der Waals surface area contributed by atoms with Crippen molar-refractivity contribution in [2.45, 2.75) is 44.6 Å². The van der Waals surface area contributed by atoms with E-state index in [0.717, 1.165) is 55.3 Å². The molecule has 0 aliphatic heterocycles. The maximum atomic E-state index is 12.6. The number of pyridine rings is 1. The van der Waals surface area contributed by atoms with E-state index < -0.39 is 0 Å². The molecule has 2 aromatic heterocycles. The standard InChI is InChI=1S/C17H20N4O2/c1-21-15-7-3-6-14(12(15)9-18-21)20-17(23)11-8-10-4-2-5-13(10)19-16(11)22/h8-9,14H,2-7H2,1H3,(H,19,22)(H,20,23). The van der Waals surface area contributed by atoms with Gasteiger partial charge in [0.1, 0.15) is 5.56 Å². The Hall–Kier alpha value is -2.37. The second-order valence-electron chi connectivity index (χ2n) is 6.46. The summed E-state index contributed by atoms with van der Waals surface area (Å²) in [5.41, 5.74) is 4.26. The second kappa shape index (κ2) is 5.37. The van der Waals surface area contributed by atoms with Crippen LogP contribution >= 0.6 is 0 Å². The van der Waals surface area contributed by atoms with Gasteiger partial charge >= 0.3 is 0 Å². The van der Waals surface area contributed by atoms with Crippen LogP contribution in [0.2, 0.25) is 0 Å². The zero-order chi connectivity index (χ0) is 16.0. The lowest BCUT2D eigenvalue weighted by atomic mass is 9.92. The average Bonchev–Trinajstić information content (AvgIpc) is 3.13. The van der Waals surface area contributed by atoms with Crippen LogP contribution < -0.4 is 10.9 Å². The van der Waals surface area contributed by atoms with Gasteiger partial charge in [-0.25, -0.2) is 0 Å². The van der Waals surface area contributed by atoms with E-state index >= 15 is 0 Å². The van der Waals surface area contributed by atoms with Gasteiger partial charge in [-0.05, 0) is 50.2 Å². The van der Waals surface area contributed by atoms with Crippen molar-refractivity contribution in [3.63, 3.8) is 0 Å². The highest BCUT2D eigenvalue weighted by Gasteiger charge is 2.26. The lowest BCUT2D eigenvalue weighted by Crippen LogP contribution is -2.34. The topological polar surface area (TPSA) is 79.8 Å². The summed E-state index contributed by atoms with van der Waals surface area (Å²) in [5.74, 6) is -0.289. The van der Waals surface area contributed by atoms with Crippen LogP contribution in [0.15, 0.2) is 17.1 Å². The maximum absolute atomic E-state index is 12.6. The maximum Gasteiger partial charge on any atom is 0.261 e. The van der Waals surface area contributed by atoms with E-state index in [2.05, 4.69) is 15.4 Å². The Morgan fingerprint density at radius 2 is 2.22 bits per heavy atom. The van der Waals surface area contributed by atoms with Crippen LogP contribution in [-0.4, -0.2) is 20.7 Å². The molecule has 1 unspecified atom stereocenters. The van der Waals surface area contributed by atoms with Crippen LogP contribution in [0, 0.1) is 0 Å². The Kier molecular flexibility index (Phi) is 3.32. The zero-order valence-corrected chi connectivity index (χ0v) is 13.2. The highest BCUT2D eigenvalue weighted by Crippen LogP contribution is 2.29. The van der Waals surface area contributed by atoms with Crippen molar-refractivity contribution in [3.05, 3.63) is 50.7 Å². The minimum atomic E-state index is -0.289. The molecular weight excluding hydrogens is 292 g/mol. The lowest BCUT2D eigenvalue weighted by Gasteiger charge is -2.23. The van der Waals surface area contributed by atoms with Gasteiger partial charge < -0.3 is 10.3 Å². The summed E-state index contributed by atoms with van der Waals surface area (Å²) in [5, 5.41) is 7.32. The molecule has 4 rings (SSSR count). The predicted molar refractivity (Wildman–Crippen MR) is 85.4 cm³/mol. The Bertz CT molecular complexity index is 834. The van der Waals surface area contributed by atoms with Crippen LogP contribution in [0.3, 0.4) is 0 Å². The first-order chi connectivity index (χ1) is 11.1. The number of carbonyl (C=O) groups is 1. The van der Waals surface area contributed by atoms with Gasteiger partial charge in [-0.2, -0.15) is 5.10 Å². The summed E-state index contributed by atoms with van der Waals surface area (Å²) < 4.78 is 1.87. The summed E-state index contributed by atoms with van der Waals surface area (Å²) in [6, 6.07) is 1.70. The molecule has 1 amide bonds. The van der Waals surface area contributed by atoms with Gasteiger partial charge in [0.2, 0.25) is 0 Å². The van der Waals surface area contributed by atoms with E-state index in [1.807, 2.05) is 17.9 Å². The molecule has 0 aromatic carbocycles. The fourth-order valence-electron chi connectivity index (χ4n) is 3.77. The fraction of sp³-hybridized carbons (Fsp3) is 0.471. The molecule has 120 valence electrons. The SMILES string of the molecule is Cn1ncc2c1CCCC2NC(=O)c1cc2c([nH]c1=O)CCC2. The number of fused-ring (bicyclic) bond motifs is 2. The molecule has 6 heteroatoms. The molecule has 2 N–H and O–H groups in total. The molecule has 2 aliphatic carbocycles. The van der Waals surface area contributed by atoms with E-state index in [9.17, 15) is 9.59 Å². The molecule has 2 aromatic rings. The van der Waals surface area contributed by atoms with Crippen LogP contribution in [0.5, 0.6) is 0 Å². The van der Waals surface area contributed by atoms with Crippen LogP contribution in [-0.2, 0) is 26.3 Å². The first kappa shape index (κ1) is 14.2. The summed E-state index contributed by atoms with van der Waals surface area (Å²) in [7, 11) is 1.92. The minimum Gasteiger partial charge on any atom is -0.345 e. The van der Waals surface area contributed by atoms with Crippen molar-refractivity contribution < 1.29 is 4.79 Å². The van der Waals surface area contributed by atoms with Gasteiger partial charge in [0, 0.05) is 24.0 Å². The molecular formula is C17H20N4O2. The quantitative estimate of drug-likeness (QED) is 0.880. The number of hydrogen-bond acceptors (Lipinski definition) is 3. The van der Waals surface area contributed by atoms with Gasteiger partial charge in [-0.1, -0.05) is 0 Å². The van der Waals surface area contributed by atoms with E-state index in [1.54, 1.807) is 6.07 Å². The number of aryl methyl sites for hydroxylation is 3. The van der Waals surface area contributed by atoms with Crippen molar-refractivity contribution in [1.29, 1.82) is 0 Å². The summed E-state index contributed by atoms with van der Waals surface area (Å²) >= 11 is 0. The van der Waals surface area contributed by atoms with Crippen LogP contribution in [0.25, 0.3) is 0 Å². The van der Waals surface area contributed by atoms with Crippen molar-refractivity contribution in [3.8, 4) is 0 Å². The van der Waals surface area contributed by atoms with E-state index in [1.165, 1.54) is 5.69 Å². The molecule has 0 bridgehead atoms. The van der Waals surface area contributed by atoms with Gasteiger partial charge in [-0.3, -0.25) is 14.3 Å². The molecule has 0 fully saturated rings. The van der Waals surface area contributed by atoms with E-state index in [-0.39, 0.29) is 23.1 Å². The van der Waals surface area contributed by atoms with Gasteiger partial charge in [0.05, 0.1) is 12.2 Å². The van der Waals surface area contributed by atoms with E-state index in [0.29, 0.717) is 0 Å². The zero-order valence-electron chi connectivity index (χ0n) is 13.2. The average molecular weight is 312 g/mol. The number of carbonyl (C=O) groups excluding carboxylic acids is 1. The Balaban J connectivity index is 1.61. The molecule has 23 heavy (non-hydrogen) atoms. The number of nitrogens with one attached hydrogen (secondary N) is 2. The second-order valence-corrected chi connectivity index (χ2v) is 6.46. The smallest absolute Gasteiger partial charge is 0.261 e. The summed E-state index contributed by atoms with van der Waals surface area (Å²) in [6.07, 6.45) is 7.57. The number of amides is 1. The number of aromatic nitrogens is 3. The Labute approximate surface area is 133 Å². The van der Waals surface area contributed by atoms with Gasteiger partial charge in [0.15, 0.2) is 0 Å². The van der Waals surface area contributed by atoms with E-state index in [4.69, 9.17) is 0 Å². The predicted octanol–water partition coefficient (Wildman–Crippen LogP) is 1.40. The Morgan fingerprint density at radius 3 is 3.09 bits per heavy atom. The molecule has 0 saturated carbocycles. The summed E-state index contributed by atoms with van der Waals surface area (Å²) in [6.45, 7) is 0. The monoisotopic (exact) mass is 312 g/mol. The molecule has 0 saturated heterocycles. The number of rotatable bonds is 2. The van der Waals surface area contributed by atoms with Crippen molar-refractivity contribution in [1.82, 2.24) is 20.1 Å². The third kappa shape index (κ3) is 2.38. The third-order valence-electron chi connectivity index (χ3n) is 5.01. The Morgan fingerprint density at radius 1 is 1.35 bits per heavy atom. The van der Waals surface area contributed by atoms with Crippen molar-refractivity contribution in [2.24, 2.45) is 7.05 Å². The van der Waals surface area contributed by atoms with Crippen molar-refractivity contribution in [2.75, 3.05) is 0 Å². The molecule has 2 aliphatic rings. The lowest BCUT2D eigenvalue weighted by molar-refractivity contribution is 0.0931. The molecule has 2 heterocycles. The fourth-order valence-corrected chi connectivity index (χ4v) is 3.77. The third-order valence-corrected chi connectivity index (χ3v) is 5.01.